The average Bonchev–Trinajstić information content (AvgIpc) is 2.32. The summed E-state index contributed by atoms with van der Waals surface area (Å²) in [5.74, 6) is 0. The van der Waals surface area contributed by atoms with Crippen LogP contribution in [0.4, 0.5) is 0 Å². The van der Waals surface area contributed by atoms with Gasteiger partial charge in [0.2, 0.25) is 0 Å². The average molecular weight is 204 g/mol. The Morgan fingerprint density at radius 2 is 2.23 bits per heavy atom. The summed E-state index contributed by atoms with van der Waals surface area (Å²) in [7, 11) is -0.867. The molecule has 1 heterocycles. The molecule has 0 bridgehead atoms. The maximum Gasteiger partial charge on any atom is 0.0944 e. The molecule has 3 nitrogen and oxygen atoms in total. The van der Waals surface area contributed by atoms with E-state index in [0.29, 0.717) is 6.04 Å². The SMILES string of the molecule is CC(C)S(=O)NC1CCCCNC1. The molecule has 0 saturated carbocycles. The fourth-order valence-corrected chi connectivity index (χ4v) is 2.22. The molecule has 0 aliphatic carbocycles. The fraction of sp³-hybridized carbons (Fsp3) is 1.00. The van der Waals surface area contributed by atoms with Crippen molar-refractivity contribution in [1.82, 2.24) is 10.0 Å². The predicted molar refractivity (Wildman–Crippen MR) is 56.9 cm³/mol. The first-order valence-electron chi connectivity index (χ1n) is 5.07. The third-order valence-electron chi connectivity index (χ3n) is 2.26. The zero-order valence-electron chi connectivity index (χ0n) is 8.51. The van der Waals surface area contributed by atoms with Crippen LogP contribution in [0, 0.1) is 0 Å². The monoisotopic (exact) mass is 204 g/mol. The van der Waals surface area contributed by atoms with Crippen molar-refractivity contribution in [3.63, 3.8) is 0 Å². The molecular weight excluding hydrogens is 184 g/mol. The third-order valence-corrected chi connectivity index (χ3v) is 3.68. The van der Waals surface area contributed by atoms with Gasteiger partial charge >= 0.3 is 0 Å². The first-order chi connectivity index (χ1) is 6.20. The quantitative estimate of drug-likeness (QED) is 0.713. The van der Waals surface area contributed by atoms with Crippen LogP contribution in [0.3, 0.4) is 0 Å². The van der Waals surface area contributed by atoms with Crippen molar-refractivity contribution in [1.29, 1.82) is 0 Å². The molecule has 4 heteroatoms. The first-order valence-corrected chi connectivity index (χ1v) is 6.29. The number of nitrogens with one attached hydrogen (secondary N) is 2. The Kier molecular flexibility index (Phi) is 4.91. The van der Waals surface area contributed by atoms with Crippen LogP contribution in [0.5, 0.6) is 0 Å². The minimum Gasteiger partial charge on any atom is -0.315 e. The molecule has 0 aromatic rings. The molecule has 1 aliphatic heterocycles. The molecule has 78 valence electrons. The highest BCUT2D eigenvalue weighted by molar-refractivity contribution is 7.83. The van der Waals surface area contributed by atoms with Crippen molar-refractivity contribution in [2.75, 3.05) is 13.1 Å². The van der Waals surface area contributed by atoms with E-state index in [1.807, 2.05) is 13.8 Å². The summed E-state index contributed by atoms with van der Waals surface area (Å²) in [5.41, 5.74) is 0. The van der Waals surface area contributed by atoms with E-state index in [4.69, 9.17) is 0 Å². The van der Waals surface area contributed by atoms with E-state index >= 15 is 0 Å². The molecule has 0 aromatic carbocycles. The topological polar surface area (TPSA) is 41.1 Å². The van der Waals surface area contributed by atoms with Gasteiger partial charge in [-0.05, 0) is 33.2 Å². The summed E-state index contributed by atoms with van der Waals surface area (Å²) in [4.78, 5) is 0. The van der Waals surface area contributed by atoms with Crippen LogP contribution in [-0.4, -0.2) is 28.6 Å². The molecule has 13 heavy (non-hydrogen) atoms. The van der Waals surface area contributed by atoms with E-state index < -0.39 is 11.0 Å². The van der Waals surface area contributed by atoms with E-state index in [1.165, 1.54) is 12.8 Å². The normalized spacial score (nSPS) is 27.2. The lowest BCUT2D eigenvalue weighted by Gasteiger charge is -2.16. The highest BCUT2D eigenvalue weighted by Gasteiger charge is 2.15. The van der Waals surface area contributed by atoms with Gasteiger partial charge in [-0.3, -0.25) is 0 Å². The molecule has 0 amide bonds. The maximum atomic E-state index is 11.5. The number of hydrogen-bond donors (Lipinski definition) is 2. The van der Waals surface area contributed by atoms with Crippen molar-refractivity contribution in [2.45, 2.75) is 44.4 Å². The zero-order chi connectivity index (χ0) is 9.68. The van der Waals surface area contributed by atoms with Gasteiger partial charge < -0.3 is 5.32 Å². The molecule has 2 atom stereocenters. The minimum atomic E-state index is -0.867. The summed E-state index contributed by atoms with van der Waals surface area (Å²) in [6.07, 6.45) is 3.62. The highest BCUT2D eigenvalue weighted by Crippen LogP contribution is 2.05. The summed E-state index contributed by atoms with van der Waals surface area (Å²) in [5, 5.41) is 3.56. The highest BCUT2D eigenvalue weighted by atomic mass is 32.2. The number of hydrogen-bond acceptors (Lipinski definition) is 2. The van der Waals surface area contributed by atoms with E-state index in [1.54, 1.807) is 0 Å². The van der Waals surface area contributed by atoms with Gasteiger partial charge in [0, 0.05) is 17.8 Å². The van der Waals surface area contributed by atoms with E-state index in [0.717, 1.165) is 19.5 Å². The Balaban J connectivity index is 2.29. The van der Waals surface area contributed by atoms with Crippen molar-refractivity contribution >= 4 is 11.0 Å². The van der Waals surface area contributed by atoms with Crippen LogP contribution in [0.1, 0.15) is 33.1 Å². The Labute approximate surface area is 83.3 Å². The molecule has 1 fully saturated rings. The van der Waals surface area contributed by atoms with Crippen LogP contribution in [-0.2, 0) is 11.0 Å². The zero-order valence-corrected chi connectivity index (χ0v) is 9.32. The van der Waals surface area contributed by atoms with Gasteiger partial charge in [0.05, 0.1) is 11.0 Å². The second-order valence-electron chi connectivity index (χ2n) is 3.86. The van der Waals surface area contributed by atoms with Crippen molar-refractivity contribution in [3.8, 4) is 0 Å². The lowest BCUT2D eigenvalue weighted by atomic mass is 10.2. The van der Waals surface area contributed by atoms with Crippen LogP contribution in [0.25, 0.3) is 0 Å². The summed E-state index contributed by atoms with van der Waals surface area (Å²) < 4.78 is 14.7. The Morgan fingerprint density at radius 3 is 2.92 bits per heavy atom. The molecule has 2 unspecified atom stereocenters. The third kappa shape index (κ3) is 4.20. The largest absolute Gasteiger partial charge is 0.315 e. The molecule has 2 N–H and O–H groups in total. The van der Waals surface area contributed by atoms with Crippen LogP contribution in [0.15, 0.2) is 0 Å². The predicted octanol–water partition coefficient (Wildman–Crippen LogP) is 0.790. The second-order valence-corrected chi connectivity index (χ2v) is 5.63. The van der Waals surface area contributed by atoms with Crippen molar-refractivity contribution in [3.05, 3.63) is 0 Å². The van der Waals surface area contributed by atoms with Crippen LogP contribution < -0.4 is 10.0 Å². The summed E-state index contributed by atoms with van der Waals surface area (Å²) >= 11 is 0. The summed E-state index contributed by atoms with van der Waals surface area (Å²) in [6, 6.07) is 0.394. The molecule has 0 spiro atoms. The molecule has 1 saturated heterocycles. The Morgan fingerprint density at radius 1 is 1.46 bits per heavy atom. The van der Waals surface area contributed by atoms with Crippen molar-refractivity contribution < 1.29 is 4.21 Å². The standard InChI is InChI=1S/C9H20N2OS/c1-8(2)13(12)11-9-5-3-4-6-10-7-9/h8-11H,3-7H2,1-2H3. The van der Waals surface area contributed by atoms with E-state index in [9.17, 15) is 4.21 Å². The maximum absolute atomic E-state index is 11.5. The number of rotatable bonds is 3. The lowest BCUT2D eigenvalue weighted by molar-refractivity contribution is 0.551. The van der Waals surface area contributed by atoms with Gasteiger partial charge in [-0.15, -0.1) is 0 Å². The second kappa shape index (κ2) is 5.73. The van der Waals surface area contributed by atoms with Crippen molar-refractivity contribution in [2.24, 2.45) is 0 Å². The van der Waals surface area contributed by atoms with Gasteiger partial charge in [-0.2, -0.15) is 0 Å². The molecule has 0 aromatic heterocycles. The van der Waals surface area contributed by atoms with Gasteiger partial charge in [-0.25, -0.2) is 8.93 Å². The first kappa shape index (κ1) is 11.1. The van der Waals surface area contributed by atoms with Gasteiger partial charge in [0.1, 0.15) is 0 Å². The Hall–Kier alpha value is 0.0700. The fourth-order valence-electron chi connectivity index (χ4n) is 1.42. The Bertz CT molecular complexity index is 165. The molecular formula is C9H20N2OS. The lowest BCUT2D eigenvalue weighted by Crippen LogP contribution is -2.40. The summed E-state index contributed by atoms with van der Waals surface area (Å²) in [6.45, 7) is 6.02. The van der Waals surface area contributed by atoms with Crippen LogP contribution in [0.2, 0.25) is 0 Å². The van der Waals surface area contributed by atoms with Gasteiger partial charge in [-0.1, -0.05) is 6.42 Å². The minimum absolute atomic E-state index is 0.211. The smallest absolute Gasteiger partial charge is 0.0944 e. The molecule has 0 radical (unpaired) electrons. The van der Waals surface area contributed by atoms with Gasteiger partial charge in [0.15, 0.2) is 0 Å². The van der Waals surface area contributed by atoms with E-state index in [2.05, 4.69) is 10.0 Å². The van der Waals surface area contributed by atoms with Crippen LogP contribution >= 0.6 is 0 Å². The molecule has 1 rings (SSSR count). The molecule has 1 aliphatic rings. The van der Waals surface area contributed by atoms with Gasteiger partial charge in [0.25, 0.3) is 0 Å². The van der Waals surface area contributed by atoms with E-state index in [-0.39, 0.29) is 5.25 Å².